The fourth-order valence-electron chi connectivity index (χ4n) is 8.68. The minimum atomic E-state index is 0.906. The lowest BCUT2D eigenvalue weighted by atomic mass is 9.98. The number of benzene rings is 9. The van der Waals surface area contributed by atoms with Crippen LogP contribution in [0.2, 0.25) is 0 Å². The van der Waals surface area contributed by atoms with E-state index in [1.54, 1.807) is 0 Å². The standard InChI is InChI=1S/C49H28N2O/c1-2-8-32-26-37(18-15-29(32)7-1)49-39-12-4-3-9-35(39)28-40(50-49)36-17-16-34-27-38(22-19-33(34)25-36)51-41-23-20-30-10-5-13-43-45(30)47(41)48-42(51)24-21-31-11-6-14-44(52-43)46(31)48/h1-28H. The second kappa shape index (κ2) is 10.3. The van der Waals surface area contributed by atoms with Gasteiger partial charge in [0.25, 0.3) is 0 Å². The lowest BCUT2D eigenvalue weighted by molar-refractivity contribution is 0.664. The molecule has 0 aliphatic carbocycles. The lowest BCUT2D eigenvalue weighted by Crippen LogP contribution is -1.94. The van der Waals surface area contributed by atoms with Crippen LogP contribution in [-0.4, -0.2) is 9.55 Å². The van der Waals surface area contributed by atoms with Crippen LogP contribution in [0.4, 0.5) is 0 Å². The summed E-state index contributed by atoms with van der Waals surface area (Å²) < 4.78 is 9.05. The number of pyridine rings is 1. The fraction of sp³-hybridized carbons (Fsp3) is 0. The molecule has 0 unspecified atom stereocenters. The Morgan fingerprint density at radius 2 is 0.942 bits per heavy atom. The topological polar surface area (TPSA) is 31.0 Å². The van der Waals surface area contributed by atoms with Gasteiger partial charge in [0.2, 0.25) is 0 Å². The molecule has 0 bridgehead atoms. The minimum absolute atomic E-state index is 0.906. The maximum absolute atomic E-state index is 6.62. The molecular weight excluding hydrogens is 633 g/mol. The van der Waals surface area contributed by atoms with E-state index in [1.165, 1.54) is 70.3 Å². The minimum Gasteiger partial charge on any atom is -0.456 e. The lowest BCUT2D eigenvalue weighted by Gasteiger charge is -2.13. The maximum Gasteiger partial charge on any atom is 0.135 e. The van der Waals surface area contributed by atoms with Gasteiger partial charge in [0, 0.05) is 43.7 Å². The summed E-state index contributed by atoms with van der Waals surface area (Å²) in [5, 5.41) is 14.4. The fourth-order valence-corrected chi connectivity index (χ4v) is 8.68. The highest BCUT2D eigenvalue weighted by molar-refractivity contribution is 6.33. The first-order valence-electron chi connectivity index (χ1n) is 17.8. The molecule has 0 spiro atoms. The summed E-state index contributed by atoms with van der Waals surface area (Å²) in [4.78, 5) is 5.33. The van der Waals surface area contributed by atoms with E-state index in [0.717, 1.165) is 44.8 Å². The van der Waals surface area contributed by atoms with Crippen molar-refractivity contribution in [2.24, 2.45) is 0 Å². The first kappa shape index (κ1) is 27.8. The Hall–Kier alpha value is -6.97. The van der Waals surface area contributed by atoms with Crippen molar-refractivity contribution in [3.05, 3.63) is 170 Å². The zero-order valence-corrected chi connectivity index (χ0v) is 28.0. The summed E-state index contributed by atoms with van der Waals surface area (Å²) in [6, 6.07) is 61.2. The van der Waals surface area contributed by atoms with Crippen molar-refractivity contribution in [2.75, 3.05) is 0 Å². The average molecular weight is 661 g/mol. The third-order valence-corrected chi connectivity index (χ3v) is 11.1. The summed E-state index contributed by atoms with van der Waals surface area (Å²) in [7, 11) is 0. The normalized spacial score (nSPS) is 12.2. The van der Waals surface area contributed by atoms with Crippen LogP contribution in [0, 0.1) is 0 Å². The van der Waals surface area contributed by atoms with Crippen molar-refractivity contribution >= 4 is 86.8 Å². The molecule has 0 atom stereocenters. The van der Waals surface area contributed by atoms with E-state index in [9.17, 15) is 0 Å². The van der Waals surface area contributed by atoms with Crippen molar-refractivity contribution in [3.63, 3.8) is 0 Å². The highest BCUT2D eigenvalue weighted by atomic mass is 16.3. The van der Waals surface area contributed by atoms with Gasteiger partial charge < -0.3 is 8.98 Å². The summed E-state index contributed by atoms with van der Waals surface area (Å²) >= 11 is 0. The number of nitrogens with zero attached hydrogens (tertiary/aromatic N) is 2. The summed E-state index contributed by atoms with van der Waals surface area (Å²) in [5.41, 5.74) is 9.51. The van der Waals surface area contributed by atoms with Gasteiger partial charge in [-0.15, -0.1) is 0 Å². The van der Waals surface area contributed by atoms with Gasteiger partial charge in [-0.1, -0.05) is 115 Å². The van der Waals surface area contributed by atoms with Gasteiger partial charge in [-0.25, -0.2) is 4.98 Å². The quantitative estimate of drug-likeness (QED) is 0.189. The predicted molar refractivity (Wildman–Crippen MR) is 218 cm³/mol. The van der Waals surface area contributed by atoms with E-state index in [4.69, 9.17) is 9.40 Å². The van der Waals surface area contributed by atoms with Gasteiger partial charge in [-0.3, -0.25) is 0 Å². The van der Waals surface area contributed by atoms with Crippen molar-refractivity contribution in [1.29, 1.82) is 0 Å². The van der Waals surface area contributed by atoms with Gasteiger partial charge in [0.1, 0.15) is 11.2 Å². The van der Waals surface area contributed by atoms with Crippen LogP contribution in [0.1, 0.15) is 0 Å². The summed E-state index contributed by atoms with van der Waals surface area (Å²) in [6.07, 6.45) is 0. The van der Waals surface area contributed by atoms with Crippen LogP contribution in [0.5, 0.6) is 0 Å². The van der Waals surface area contributed by atoms with Gasteiger partial charge in [0.05, 0.1) is 22.4 Å². The molecule has 3 heteroatoms. The van der Waals surface area contributed by atoms with E-state index in [-0.39, 0.29) is 0 Å². The van der Waals surface area contributed by atoms with Gasteiger partial charge >= 0.3 is 0 Å². The Balaban J connectivity index is 1.04. The van der Waals surface area contributed by atoms with Crippen LogP contribution in [0.3, 0.4) is 0 Å². The molecule has 12 rings (SSSR count). The third-order valence-electron chi connectivity index (χ3n) is 11.1. The molecule has 0 aliphatic rings. The second-order valence-electron chi connectivity index (χ2n) is 14.0. The van der Waals surface area contributed by atoms with Crippen LogP contribution < -0.4 is 0 Å². The molecule has 240 valence electrons. The van der Waals surface area contributed by atoms with Crippen LogP contribution in [0.15, 0.2) is 174 Å². The van der Waals surface area contributed by atoms with E-state index < -0.39 is 0 Å². The molecule has 3 nitrogen and oxygen atoms in total. The van der Waals surface area contributed by atoms with Gasteiger partial charge in [-0.05, 0) is 92.3 Å². The Bertz CT molecular complexity index is 3320. The van der Waals surface area contributed by atoms with Crippen molar-refractivity contribution in [1.82, 2.24) is 9.55 Å². The van der Waals surface area contributed by atoms with E-state index in [0.29, 0.717) is 0 Å². The SMILES string of the molecule is c1ccc2cc(-c3nc(-c4ccc5cc(-n6c7ccc8cccc9oc%10cccc%11ccc6c(c%11%10)c7c89)ccc5c4)cc4ccccc34)ccc2c1. The van der Waals surface area contributed by atoms with E-state index >= 15 is 0 Å². The number of rotatable bonds is 3. The number of aromatic nitrogens is 2. The van der Waals surface area contributed by atoms with Gasteiger partial charge in [-0.2, -0.15) is 0 Å². The van der Waals surface area contributed by atoms with Crippen molar-refractivity contribution < 1.29 is 4.42 Å². The van der Waals surface area contributed by atoms with Crippen LogP contribution in [-0.2, 0) is 0 Å². The third kappa shape index (κ3) is 3.88. The Morgan fingerprint density at radius 1 is 0.385 bits per heavy atom. The molecule has 0 saturated heterocycles. The van der Waals surface area contributed by atoms with Gasteiger partial charge in [0.15, 0.2) is 0 Å². The smallest absolute Gasteiger partial charge is 0.135 e. The molecule has 0 N–H and O–H groups in total. The predicted octanol–water partition coefficient (Wildman–Crippen LogP) is 13.5. The molecule has 0 amide bonds. The highest BCUT2D eigenvalue weighted by Crippen LogP contribution is 2.45. The molecule has 52 heavy (non-hydrogen) atoms. The maximum atomic E-state index is 6.62. The zero-order chi connectivity index (χ0) is 33.9. The Morgan fingerprint density at radius 3 is 1.71 bits per heavy atom. The molecule has 3 heterocycles. The molecule has 12 aromatic rings. The largest absolute Gasteiger partial charge is 0.456 e. The first-order valence-corrected chi connectivity index (χ1v) is 17.8. The van der Waals surface area contributed by atoms with Crippen LogP contribution >= 0.6 is 0 Å². The number of hydrogen-bond acceptors (Lipinski definition) is 2. The molecular formula is C49H28N2O. The molecule has 0 saturated carbocycles. The summed E-state index contributed by atoms with van der Waals surface area (Å²) in [5.74, 6) is 0. The van der Waals surface area contributed by atoms with Crippen molar-refractivity contribution in [3.8, 4) is 28.2 Å². The average Bonchev–Trinajstić information content (AvgIpc) is 3.46. The van der Waals surface area contributed by atoms with E-state index in [2.05, 4.69) is 174 Å². The molecule has 0 aliphatic heterocycles. The van der Waals surface area contributed by atoms with E-state index in [1.807, 2.05) is 0 Å². The second-order valence-corrected chi connectivity index (χ2v) is 14.0. The first-order chi connectivity index (χ1) is 25.7. The van der Waals surface area contributed by atoms with Crippen LogP contribution in [0.25, 0.3) is 115 Å². The Labute approximate surface area is 297 Å². The number of hydrogen-bond donors (Lipinski definition) is 0. The monoisotopic (exact) mass is 660 g/mol. The molecule has 0 fully saturated rings. The molecule has 9 aromatic carbocycles. The zero-order valence-electron chi connectivity index (χ0n) is 28.0. The summed E-state index contributed by atoms with van der Waals surface area (Å²) in [6.45, 7) is 0. The molecule has 0 radical (unpaired) electrons. The Kier molecular flexibility index (Phi) is 5.50. The van der Waals surface area contributed by atoms with Crippen molar-refractivity contribution in [2.45, 2.75) is 0 Å². The highest BCUT2D eigenvalue weighted by Gasteiger charge is 2.21. The number of fused-ring (bicyclic) bond motifs is 3. The molecule has 3 aromatic heterocycles.